The van der Waals surface area contributed by atoms with E-state index in [9.17, 15) is 4.39 Å². The Morgan fingerprint density at radius 2 is 2.31 bits per heavy atom. The first-order valence-corrected chi connectivity index (χ1v) is 5.66. The van der Waals surface area contributed by atoms with Crippen LogP contribution in [0.25, 0.3) is 10.6 Å². The van der Waals surface area contributed by atoms with Crippen molar-refractivity contribution in [3.05, 3.63) is 40.7 Å². The first kappa shape index (κ1) is 10.8. The molecule has 4 heteroatoms. The van der Waals surface area contributed by atoms with Crippen LogP contribution in [0.1, 0.15) is 11.3 Å². The van der Waals surface area contributed by atoms with Crippen LogP contribution in [0.4, 0.5) is 4.39 Å². The quantitative estimate of drug-likeness (QED) is 0.796. The summed E-state index contributed by atoms with van der Waals surface area (Å²) in [5, 5.41) is 10.9. The second-order valence-electron chi connectivity index (χ2n) is 3.46. The molecule has 1 heterocycles. The van der Waals surface area contributed by atoms with Gasteiger partial charge in [0.2, 0.25) is 0 Å². The van der Waals surface area contributed by atoms with Gasteiger partial charge >= 0.3 is 0 Å². The third-order valence-electron chi connectivity index (χ3n) is 2.17. The van der Waals surface area contributed by atoms with Crippen LogP contribution >= 0.6 is 11.3 Å². The summed E-state index contributed by atoms with van der Waals surface area (Å²) in [6.45, 7) is 1.84. The summed E-state index contributed by atoms with van der Waals surface area (Å²) in [5.74, 6) is -0.266. The third kappa shape index (κ3) is 2.10. The molecule has 16 heavy (non-hydrogen) atoms. The second-order valence-corrected chi connectivity index (χ2v) is 4.32. The van der Waals surface area contributed by atoms with Gasteiger partial charge in [0.05, 0.1) is 18.2 Å². The van der Waals surface area contributed by atoms with Gasteiger partial charge in [0, 0.05) is 10.9 Å². The van der Waals surface area contributed by atoms with Gasteiger partial charge in [-0.3, -0.25) is 0 Å². The molecule has 0 atom stereocenters. The minimum absolute atomic E-state index is 0.266. The smallest absolute Gasteiger partial charge is 0.133 e. The van der Waals surface area contributed by atoms with E-state index in [-0.39, 0.29) is 12.2 Å². The molecule has 0 bridgehead atoms. The van der Waals surface area contributed by atoms with Crippen molar-refractivity contribution in [1.82, 2.24) is 4.98 Å². The van der Waals surface area contributed by atoms with Crippen molar-refractivity contribution in [2.45, 2.75) is 13.3 Å². The van der Waals surface area contributed by atoms with Crippen molar-refractivity contribution in [3.63, 3.8) is 0 Å². The van der Waals surface area contributed by atoms with Crippen LogP contribution in [0.2, 0.25) is 0 Å². The number of rotatable bonds is 2. The van der Waals surface area contributed by atoms with Gasteiger partial charge in [0.1, 0.15) is 10.8 Å². The van der Waals surface area contributed by atoms with E-state index in [4.69, 9.17) is 5.26 Å². The highest BCUT2D eigenvalue weighted by Crippen LogP contribution is 2.26. The summed E-state index contributed by atoms with van der Waals surface area (Å²) in [6, 6.07) is 7.08. The number of hydrogen-bond acceptors (Lipinski definition) is 3. The molecule has 0 saturated heterocycles. The van der Waals surface area contributed by atoms with Gasteiger partial charge in [-0.1, -0.05) is 6.07 Å². The van der Waals surface area contributed by atoms with Crippen LogP contribution < -0.4 is 0 Å². The Balaban J connectivity index is 2.39. The predicted molar refractivity (Wildman–Crippen MR) is 61.6 cm³/mol. The first-order chi connectivity index (χ1) is 7.70. The van der Waals surface area contributed by atoms with Gasteiger partial charge in [0.25, 0.3) is 0 Å². The molecule has 0 fully saturated rings. The molecule has 0 amide bonds. The minimum Gasteiger partial charge on any atom is -0.240 e. The summed E-state index contributed by atoms with van der Waals surface area (Å²) in [6.07, 6.45) is 0.268. The normalized spacial score (nSPS) is 10.1. The van der Waals surface area contributed by atoms with E-state index in [0.29, 0.717) is 16.3 Å². The maximum Gasteiger partial charge on any atom is 0.133 e. The number of hydrogen-bond donors (Lipinski definition) is 0. The SMILES string of the molecule is Cc1ccc(-c2nc(CC#N)cs2)c(F)c1. The summed E-state index contributed by atoms with van der Waals surface area (Å²) in [7, 11) is 0. The van der Waals surface area contributed by atoms with E-state index in [0.717, 1.165) is 5.56 Å². The van der Waals surface area contributed by atoms with Crippen LogP contribution in [-0.2, 0) is 6.42 Å². The summed E-state index contributed by atoms with van der Waals surface area (Å²) in [5.41, 5.74) is 2.08. The Morgan fingerprint density at radius 3 is 3.00 bits per heavy atom. The van der Waals surface area contributed by atoms with Crippen molar-refractivity contribution in [1.29, 1.82) is 5.26 Å². The molecule has 0 aliphatic heterocycles. The lowest BCUT2D eigenvalue weighted by Crippen LogP contribution is -1.86. The highest BCUT2D eigenvalue weighted by molar-refractivity contribution is 7.13. The number of benzene rings is 1. The van der Waals surface area contributed by atoms with Crippen LogP contribution in [0.3, 0.4) is 0 Å². The zero-order valence-electron chi connectivity index (χ0n) is 8.70. The largest absolute Gasteiger partial charge is 0.240 e. The predicted octanol–water partition coefficient (Wildman–Crippen LogP) is 3.32. The summed E-state index contributed by atoms with van der Waals surface area (Å²) >= 11 is 1.36. The van der Waals surface area contributed by atoms with Gasteiger partial charge in [-0.05, 0) is 24.6 Å². The number of aryl methyl sites for hydroxylation is 1. The fourth-order valence-electron chi connectivity index (χ4n) is 1.39. The van der Waals surface area contributed by atoms with E-state index >= 15 is 0 Å². The van der Waals surface area contributed by atoms with E-state index in [1.54, 1.807) is 11.4 Å². The molecule has 0 aliphatic carbocycles. The van der Waals surface area contributed by atoms with Gasteiger partial charge in [-0.25, -0.2) is 9.37 Å². The standard InChI is InChI=1S/C12H9FN2S/c1-8-2-3-10(11(13)6-8)12-15-9(4-5-14)7-16-12/h2-3,6-7H,4H2,1H3. The molecule has 1 aromatic heterocycles. The van der Waals surface area contributed by atoms with Crippen LogP contribution in [0.5, 0.6) is 0 Å². The zero-order valence-corrected chi connectivity index (χ0v) is 9.51. The lowest BCUT2D eigenvalue weighted by molar-refractivity contribution is 0.630. The summed E-state index contributed by atoms with van der Waals surface area (Å²) < 4.78 is 13.6. The van der Waals surface area contributed by atoms with E-state index < -0.39 is 0 Å². The second kappa shape index (κ2) is 4.42. The monoisotopic (exact) mass is 232 g/mol. The molecule has 2 nitrogen and oxygen atoms in total. The molecule has 0 N–H and O–H groups in total. The van der Waals surface area contributed by atoms with Gasteiger partial charge in [-0.2, -0.15) is 5.26 Å². The highest BCUT2D eigenvalue weighted by Gasteiger charge is 2.09. The van der Waals surface area contributed by atoms with Gasteiger partial charge < -0.3 is 0 Å². The molecule has 0 spiro atoms. The van der Waals surface area contributed by atoms with E-state index in [1.807, 2.05) is 19.1 Å². The molecule has 0 aliphatic rings. The van der Waals surface area contributed by atoms with Crippen molar-refractivity contribution in [3.8, 4) is 16.6 Å². The molecular formula is C12H9FN2S. The Labute approximate surface area is 97.0 Å². The fourth-order valence-corrected chi connectivity index (χ4v) is 2.23. The molecular weight excluding hydrogens is 223 g/mol. The number of halogens is 1. The molecule has 2 aromatic rings. The number of aromatic nitrogens is 1. The molecule has 0 saturated carbocycles. The van der Waals surface area contributed by atoms with Gasteiger partial charge in [-0.15, -0.1) is 11.3 Å². The Bertz CT molecular complexity index is 554. The minimum atomic E-state index is -0.266. The molecule has 0 radical (unpaired) electrons. The van der Waals surface area contributed by atoms with E-state index in [2.05, 4.69) is 4.98 Å². The molecule has 2 rings (SSSR count). The molecule has 0 unspecified atom stereocenters. The topological polar surface area (TPSA) is 36.7 Å². The lowest BCUT2D eigenvalue weighted by atomic mass is 10.1. The van der Waals surface area contributed by atoms with Crippen molar-refractivity contribution >= 4 is 11.3 Å². The van der Waals surface area contributed by atoms with Crippen LogP contribution in [-0.4, -0.2) is 4.98 Å². The van der Waals surface area contributed by atoms with Crippen molar-refractivity contribution in [2.24, 2.45) is 0 Å². The number of thiazole rings is 1. The maximum atomic E-state index is 13.6. The fraction of sp³-hybridized carbons (Fsp3) is 0.167. The number of nitrogens with zero attached hydrogens (tertiary/aromatic N) is 2. The maximum absolute atomic E-state index is 13.6. The Morgan fingerprint density at radius 1 is 1.50 bits per heavy atom. The Kier molecular flexibility index (Phi) is 2.97. The van der Waals surface area contributed by atoms with Crippen molar-refractivity contribution < 1.29 is 4.39 Å². The van der Waals surface area contributed by atoms with Crippen molar-refractivity contribution in [2.75, 3.05) is 0 Å². The highest BCUT2D eigenvalue weighted by atomic mass is 32.1. The average Bonchev–Trinajstić information content (AvgIpc) is 2.67. The first-order valence-electron chi connectivity index (χ1n) is 4.78. The van der Waals surface area contributed by atoms with E-state index in [1.165, 1.54) is 17.4 Å². The zero-order chi connectivity index (χ0) is 11.5. The summed E-state index contributed by atoms with van der Waals surface area (Å²) in [4.78, 5) is 4.22. The Hall–Kier alpha value is -1.73. The lowest BCUT2D eigenvalue weighted by Gasteiger charge is -1.99. The molecule has 1 aromatic carbocycles. The molecule has 80 valence electrons. The number of nitriles is 1. The average molecular weight is 232 g/mol. The van der Waals surface area contributed by atoms with Gasteiger partial charge in [0.15, 0.2) is 0 Å². The van der Waals surface area contributed by atoms with Crippen LogP contribution in [0.15, 0.2) is 23.6 Å². The third-order valence-corrected chi connectivity index (χ3v) is 3.09. The van der Waals surface area contributed by atoms with Crippen LogP contribution in [0, 0.1) is 24.1 Å².